The molecule has 1 saturated carbocycles. The molecule has 21 heavy (non-hydrogen) atoms. The van der Waals surface area contributed by atoms with E-state index in [0.717, 1.165) is 36.2 Å². The molecule has 0 aliphatic heterocycles. The van der Waals surface area contributed by atoms with Crippen LogP contribution < -0.4 is 16.6 Å². The van der Waals surface area contributed by atoms with Gasteiger partial charge in [0.1, 0.15) is 0 Å². The first-order valence-corrected chi connectivity index (χ1v) is 7.08. The van der Waals surface area contributed by atoms with E-state index in [0.29, 0.717) is 0 Å². The molecule has 2 unspecified atom stereocenters. The van der Waals surface area contributed by atoms with Crippen LogP contribution in [-0.4, -0.2) is 22.1 Å². The molecule has 0 saturated heterocycles. The smallest absolute Gasteiger partial charge is 0.264 e. The summed E-state index contributed by atoms with van der Waals surface area (Å²) in [7, 11) is 0. The Bertz CT molecular complexity index is 686. The fourth-order valence-electron chi connectivity index (χ4n) is 2.77. The average Bonchev–Trinajstić information content (AvgIpc) is 3.08. The van der Waals surface area contributed by atoms with Crippen molar-refractivity contribution in [2.45, 2.75) is 25.3 Å². The topological polar surface area (TPSA) is 104 Å². The van der Waals surface area contributed by atoms with Crippen molar-refractivity contribution in [3.63, 3.8) is 0 Å². The highest BCUT2D eigenvalue weighted by Crippen LogP contribution is 2.26. The average molecular weight is 286 g/mol. The number of carbonyl (C=O) groups is 1. The van der Waals surface area contributed by atoms with E-state index in [1.54, 1.807) is 0 Å². The van der Waals surface area contributed by atoms with E-state index in [2.05, 4.69) is 15.5 Å². The fraction of sp³-hybridized carbons (Fsp3) is 0.333. The van der Waals surface area contributed by atoms with E-state index in [1.807, 2.05) is 24.3 Å². The van der Waals surface area contributed by atoms with Crippen LogP contribution in [0.3, 0.4) is 0 Å². The molecule has 1 aromatic heterocycles. The molecular weight excluding hydrogens is 268 g/mol. The molecule has 0 radical (unpaired) electrons. The van der Waals surface area contributed by atoms with Gasteiger partial charge >= 0.3 is 0 Å². The zero-order valence-corrected chi connectivity index (χ0v) is 11.6. The number of benzene rings is 1. The summed E-state index contributed by atoms with van der Waals surface area (Å²) < 4.78 is 0. The largest absolute Gasteiger partial charge is 0.327 e. The zero-order chi connectivity index (χ0) is 14.8. The Balaban J connectivity index is 1.70. The first-order chi connectivity index (χ1) is 10.1. The van der Waals surface area contributed by atoms with Crippen LogP contribution in [0.15, 0.2) is 35.1 Å². The lowest BCUT2D eigenvalue weighted by Crippen LogP contribution is -2.34. The zero-order valence-electron chi connectivity index (χ0n) is 11.6. The Morgan fingerprint density at radius 3 is 2.52 bits per heavy atom. The Morgan fingerprint density at radius 1 is 1.19 bits per heavy atom. The van der Waals surface area contributed by atoms with Gasteiger partial charge in [-0.1, -0.05) is 18.6 Å². The summed E-state index contributed by atoms with van der Waals surface area (Å²) in [4.78, 5) is 23.2. The first kappa shape index (κ1) is 13.6. The van der Waals surface area contributed by atoms with Crippen molar-refractivity contribution in [1.29, 1.82) is 0 Å². The van der Waals surface area contributed by atoms with Crippen LogP contribution in [0.25, 0.3) is 11.3 Å². The van der Waals surface area contributed by atoms with Crippen LogP contribution in [0.5, 0.6) is 0 Å². The highest BCUT2D eigenvalue weighted by molar-refractivity contribution is 5.93. The molecule has 110 valence electrons. The molecule has 1 aliphatic carbocycles. The van der Waals surface area contributed by atoms with Crippen molar-refractivity contribution >= 4 is 11.6 Å². The third kappa shape index (κ3) is 2.90. The SMILES string of the molecule is NC1CCCC1C(=O)Nc1ccc(-c2cc(=O)[nH][nH]2)cc1. The predicted octanol–water partition coefficient (Wildman–Crippen LogP) is 1.44. The Hall–Kier alpha value is -2.34. The molecule has 3 rings (SSSR count). The summed E-state index contributed by atoms with van der Waals surface area (Å²) in [5.41, 5.74) is 8.10. The van der Waals surface area contributed by atoms with Gasteiger partial charge < -0.3 is 11.1 Å². The summed E-state index contributed by atoms with van der Waals surface area (Å²) in [6.45, 7) is 0. The number of rotatable bonds is 3. The Morgan fingerprint density at radius 2 is 1.95 bits per heavy atom. The lowest BCUT2D eigenvalue weighted by Gasteiger charge is -2.15. The number of carbonyl (C=O) groups excluding carboxylic acids is 1. The second-order valence-electron chi connectivity index (χ2n) is 5.44. The molecule has 6 heteroatoms. The normalized spacial score (nSPS) is 21.4. The van der Waals surface area contributed by atoms with Gasteiger partial charge in [-0.3, -0.25) is 19.8 Å². The maximum Gasteiger partial charge on any atom is 0.264 e. The van der Waals surface area contributed by atoms with Gasteiger partial charge in [0, 0.05) is 17.8 Å². The summed E-state index contributed by atoms with van der Waals surface area (Å²) >= 11 is 0. The summed E-state index contributed by atoms with van der Waals surface area (Å²) in [6, 6.07) is 8.80. The van der Waals surface area contributed by atoms with Crippen molar-refractivity contribution in [2.24, 2.45) is 11.7 Å². The molecular formula is C15H18N4O2. The third-order valence-corrected chi connectivity index (χ3v) is 3.97. The molecule has 0 bridgehead atoms. The lowest BCUT2D eigenvalue weighted by atomic mass is 10.0. The van der Waals surface area contributed by atoms with Crippen molar-refractivity contribution in [2.75, 3.05) is 5.32 Å². The minimum Gasteiger partial charge on any atom is -0.327 e. The number of hydrogen-bond acceptors (Lipinski definition) is 3. The van der Waals surface area contributed by atoms with Gasteiger partial charge in [-0.15, -0.1) is 0 Å². The van der Waals surface area contributed by atoms with Gasteiger partial charge in [0.15, 0.2) is 0 Å². The minimum absolute atomic E-state index is 0.0113. The lowest BCUT2D eigenvalue weighted by molar-refractivity contribution is -0.120. The summed E-state index contributed by atoms with van der Waals surface area (Å²) in [5, 5.41) is 8.18. The van der Waals surface area contributed by atoms with E-state index >= 15 is 0 Å². The van der Waals surface area contributed by atoms with Crippen LogP contribution in [-0.2, 0) is 4.79 Å². The highest BCUT2D eigenvalue weighted by Gasteiger charge is 2.30. The number of aromatic amines is 2. The van der Waals surface area contributed by atoms with Crippen molar-refractivity contribution in [3.8, 4) is 11.3 Å². The number of amides is 1. The van der Waals surface area contributed by atoms with Gasteiger partial charge in [0.05, 0.1) is 11.6 Å². The second-order valence-corrected chi connectivity index (χ2v) is 5.44. The van der Waals surface area contributed by atoms with Gasteiger partial charge in [0.25, 0.3) is 5.56 Å². The number of anilines is 1. The maximum atomic E-state index is 12.1. The summed E-state index contributed by atoms with van der Waals surface area (Å²) in [5.74, 6) is -0.103. The van der Waals surface area contributed by atoms with E-state index < -0.39 is 0 Å². The van der Waals surface area contributed by atoms with Crippen LogP contribution in [0.2, 0.25) is 0 Å². The van der Waals surface area contributed by atoms with Crippen molar-refractivity contribution in [1.82, 2.24) is 10.2 Å². The molecule has 1 heterocycles. The van der Waals surface area contributed by atoms with Gasteiger partial charge in [-0.05, 0) is 30.5 Å². The van der Waals surface area contributed by atoms with Crippen LogP contribution in [0, 0.1) is 5.92 Å². The number of aromatic nitrogens is 2. The summed E-state index contributed by atoms with van der Waals surface area (Å²) in [6.07, 6.45) is 2.78. The predicted molar refractivity (Wildman–Crippen MR) is 80.8 cm³/mol. The Kier molecular flexibility index (Phi) is 3.62. The number of H-pyrrole nitrogens is 2. The minimum atomic E-state index is -0.169. The first-order valence-electron chi connectivity index (χ1n) is 7.08. The van der Waals surface area contributed by atoms with Gasteiger partial charge in [0.2, 0.25) is 5.91 Å². The number of nitrogens with two attached hydrogens (primary N) is 1. The van der Waals surface area contributed by atoms with E-state index in [-0.39, 0.29) is 23.4 Å². The monoisotopic (exact) mass is 286 g/mol. The fourth-order valence-corrected chi connectivity index (χ4v) is 2.77. The standard InChI is InChI=1S/C15H18N4O2/c16-12-3-1-2-11(12)15(21)17-10-6-4-9(5-7-10)13-8-14(20)19-18-13/h4-8,11-12H,1-3,16H2,(H,17,21)(H2,18,19,20). The van der Waals surface area contributed by atoms with E-state index in [9.17, 15) is 9.59 Å². The van der Waals surface area contributed by atoms with Gasteiger partial charge in [-0.2, -0.15) is 0 Å². The highest BCUT2D eigenvalue weighted by atomic mass is 16.2. The number of hydrogen-bond donors (Lipinski definition) is 4. The quantitative estimate of drug-likeness (QED) is 0.686. The van der Waals surface area contributed by atoms with Gasteiger partial charge in [-0.25, -0.2) is 0 Å². The molecule has 1 aromatic carbocycles. The molecule has 0 spiro atoms. The molecule has 1 amide bonds. The van der Waals surface area contributed by atoms with Crippen LogP contribution >= 0.6 is 0 Å². The number of nitrogens with one attached hydrogen (secondary N) is 3. The molecule has 2 atom stereocenters. The Labute approximate surface area is 121 Å². The molecule has 1 fully saturated rings. The van der Waals surface area contributed by atoms with E-state index in [4.69, 9.17) is 5.73 Å². The molecule has 1 aliphatic rings. The van der Waals surface area contributed by atoms with Crippen LogP contribution in [0.1, 0.15) is 19.3 Å². The maximum absolute atomic E-state index is 12.1. The van der Waals surface area contributed by atoms with E-state index in [1.165, 1.54) is 6.07 Å². The second kappa shape index (κ2) is 5.57. The van der Waals surface area contributed by atoms with Crippen LogP contribution in [0.4, 0.5) is 5.69 Å². The van der Waals surface area contributed by atoms with Crippen molar-refractivity contribution < 1.29 is 4.79 Å². The molecule has 6 nitrogen and oxygen atoms in total. The molecule has 5 N–H and O–H groups in total. The van der Waals surface area contributed by atoms with Crippen molar-refractivity contribution in [3.05, 3.63) is 40.7 Å². The third-order valence-electron chi connectivity index (χ3n) is 3.97. The molecule has 2 aromatic rings.